The van der Waals surface area contributed by atoms with Crippen molar-refractivity contribution in [2.75, 3.05) is 0 Å². The lowest BCUT2D eigenvalue weighted by Gasteiger charge is -2.10. The van der Waals surface area contributed by atoms with Crippen molar-refractivity contribution in [3.63, 3.8) is 0 Å². The van der Waals surface area contributed by atoms with Crippen molar-refractivity contribution in [3.8, 4) is 0 Å². The van der Waals surface area contributed by atoms with E-state index in [9.17, 15) is 4.39 Å². The van der Waals surface area contributed by atoms with Crippen LogP contribution in [0.3, 0.4) is 0 Å². The standard InChI is InChI=1S/C16H13BrFNO/c1-9-13-8-11(17)5-6-14(13)20-16(9)15(19)10-3-2-4-12(18)7-10/h2-8,15H,19H2,1H3. The van der Waals surface area contributed by atoms with E-state index in [0.29, 0.717) is 11.3 Å². The minimum Gasteiger partial charge on any atom is -0.459 e. The molecule has 2 N–H and O–H groups in total. The maximum Gasteiger partial charge on any atom is 0.134 e. The van der Waals surface area contributed by atoms with Gasteiger partial charge in [-0.2, -0.15) is 0 Å². The Morgan fingerprint density at radius 3 is 2.75 bits per heavy atom. The summed E-state index contributed by atoms with van der Waals surface area (Å²) >= 11 is 3.44. The van der Waals surface area contributed by atoms with E-state index in [-0.39, 0.29) is 5.82 Å². The van der Waals surface area contributed by atoms with Gasteiger partial charge in [0.1, 0.15) is 17.2 Å². The molecule has 0 bridgehead atoms. The van der Waals surface area contributed by atoms with Gasteiger partial charge in [0.2, 0.25) is 0 Å². The summed E-state index contributed by atoms with van der Waals surface area (Å²) in [5, 5.41) is 1.02. The van der Waals surface area contributed by atoms with E-state index in [2.05, 4.69) is 15.9 Å². The summed E-state index contributed by atoms with van der Waals surface area (Å²) in [5.41, 5.74) is 8.69. The average molecular weight is 334 g/mol. The third kappa shape index (κ3) is 2.25. The first-order valence-electron chi connectivity index (χ1n) is 6.26. The van der Waals surface area contributed by atoms with Crippen LogP contribution in [-0.2, 0) is 0 Å². The van der Waals surface area contributed by atoms with Gasteiger partial charge in [-0.3, -0.25) is 0 Å². The number of aryl methyl sites for hydroxylation is 1. The minimum atomic E-state index is -0.475. The Kier molecular flexibility index (Phi) is 3.36. The topological polar surface area (TPSA) is 39.2 Å². The molecule has 0 aliphatic carbocycles. The molecular weight excluding hydrogens is 321 g/mol. The Bertz CT molecular complexity index is 781. The largest absolute Gasteiger partial charge is 0.459 e. The van der Waals surface area contributed by atoms with Crippen LogP contribution < -0.4 is 5.73 Å². The highest BCUT2D eigenvalue weighted by Crippen LogP contribution is 2.33. The molecule has 1 aromatic heterocycles. The fourth-order valence-electron chi connectivity index (χ4n) is 2.36. The predicted molar refractivity (Wildman–Crippen MR) is 81.1 cm³/mol. The van der Waals surface area contributed by atoms with E-state index >= 15 is 0 Å². The summed E-state index contributed by atoms with van der Waals surface area (Å²) in [4.78, 5) is 0. The molecule has 2 nitrogen and oxygen atoms in total. The van der Waals surface area contributed by atoms with E-state index in [1.807, 2.05) is 25.1 Å². The molecule has 1 atom stereocenters. The first kappa shape index (κ1) is 13.3. The summed E-state index contributed by atoms with van der Waals surface area (Å²) in [5.74, 6) is 0.373. The molecule has 20 heavy (non-hydrogen) atoms. The van der Waals surface area contributed by atoms with Gasteiger partial charge >= 0.3 is 0 Å². The van der Waals surface area contributed by atoms with Gasteiger partial charge < -0.3 is 10.2 Å². The quantitative estimate of drug-likeness (QED) is 0.738. The van der Waals surface area contributed by atoms with Gasteiger partial charge in [-0.15, -0.1) is 0 Å². The van der Waals surface area contributed by atoms with Crippen LogP contribution in [0.1, 0.15) is 22.9 Å². The number of furan rings is 1. The Labute approximate surface area is 124 Å². The van der Waals surface area contributed by atoms with Crippen LogP contribution in [0.2, 0.25) is 0 Å². The number of halogens is 2. The third-order valence-electron chi connectivity index (χ3n) is 3.43. The van der Waals surface area contributed by atoms with Crippen molar-refractivity contribution in [2.45, 2.75) is 13.0 Å². The molecule has 0 fully saturated rings. The molecule has 0 aliphatic rings. The van der Waals surface area contributed by atoms with Crippen molar-refractivity contribution in [1.29, 1.82) is 0 Å². The fraction of sp³-hybridized carbons (Fsp3) is 0.125. The van der Waals surface area contributed by atoms with Crippen LogP contribution in [-0.4, -0.2) is 0 Å². The van der Waals surface area contributed by atoms with Crippen molar-refractivity contribution in [3.05, 3.63) is 69.6 Å². The second-order valence-corrected chi connectivity index (χ2v) is 5.68. The van der Waals surface area contributed by atoms with Crippen molar-refractivity contribution < 1.29 is 8.81 Å². The van der Waals surface area contributed by atoms with Gasteiger partial charge in [-0.05, 0) is 42.8 Å². The number of hydrogen-bond acceptors (Lipinski definition) is 2. The van der Waals surface area contributed by atoms with Crippen LogP contribution in [0, 0.1) is 12.7 Å². The monoisotopic (exact) mass is 333 g/mol. The maximum atomic E-state index is 13.3. The van der Waals surface area contributed by atoms with Crippen LogP contribution >= 0.6 is 15.9 Å². The second kappa shape index (κ2) is 5.04. The average Bonchev–Trinajstić information content (AvgIpc) is 2.75. The lowest BCUT2D eigenvalue weighted by Crippen LogP contribution is -2.12. The molecule has 0 aliphatic heterocycles. The molecule has 0 spiro atoms. The minimum absolute atomic E-state index is 0.297. The summed E-state index contributed by atoms with van der Waals surface area (Å²) in [6.45, 7) is 1.97. The first-order valence-corrected chi connectivity index (χ1v) is 7.05. The zero-order valence-corrected chi connectivity index (χ0v) is 12.4. The molecule has 0 saturated heterocycles. The van der Waals surface area contributed by atoms with Crippen LogP contribution in [0.25, 0.3) is 11.0 Å². The van der Waals surface area contributed by atoms with Gasteiger partial charge in [0.25, 0.3) is 0 Å². The SMILES string of the molecule is Cc1c(C(N)c2cccc(F)c2)oc2ccc(Br)cc12. The molecule has 3 aromatic rings. The Hall–Kier alpha value is -1.65. The smallest absolute Gasteiger partial charge is 0.134 e. The van der Waals surface area contributed by atoms with Crippen LogP contribution in [0.15, 0.2) is 51.4 Å². The molecule has 102 valence electrons. The molecule has 2 aromatic carbocycles. The lowest BCUT2D eigenvalue weighted by molar-refractivity contribution is 0.519. The van der Waals surface area contributed by atoms with E-state index in [4.69, 9.17) is 10.2 Å². The summed E-state index contributed by atoms with van der Waals surface area (Å²) < 4.78 is 20.1. The molecule has 0 radical (unpaired) electrons. The van der Waals surface area contributed by atoms with Gasteiger partial charge in [0.15, 0.2) is 0 Å². The Morgan fingerprint density at radius 2 is 2.00 bits per heavy atom. The Balaban J connectivity index is 2.12. The van der Waals surface area contributed by atoms with Gasteiger partial charge in [-0.1, -0.05) is 28.1 Å². The summed E-state index contributed by atoms with van der Waals surface area (Å²) in [6.07, 6.45) is 0. The predicted octanol–water partition coefficient (Wildman–Crippen LogP) is 4.69. The highest BCUT2D eigenvalue weighted by molar-refractivity contribution is 9.10. The van der Waals surface area contributed by atoms with E-state index in [1.165, 1.54) is 12.1 Å². The number of benzene rings is 2. The summed E-state index contributed by atoms with van der Waals surface area (Å²) in [6, 6.07) is 11.6. The second-order valence-electron chi connectivity index (χ2n) is 4.76. The van der Waals surface area contributed by atoms with Crippen LogP contribution in [0.4, 0.5) is 4.39 Å². The van der Waals surface area contributed by atoms with Gasteiger partial charge in [-0.25, -0.2) is 4.39 Å². The molecule has 0 amide bonds. The normalized spacial score (nSPS) is 12.8. The zero-order chi connectivity index (χ0) is 14.3. The number of hydrogen-bond donors (Lipinski definition) is 1. The molecular formula is C16H13BrFNO. The zero-order valence-electron chi connectivity index (χ0n) is 10.9. The van der Waals surface area contributed by atoms with Crippen LogP contribution in [0.5, 0.6) is 0 Å². The molecule has 4 heteroatoms. The van der Waals surface area contributed by atoms with Crippen molar-refractivity contribution in [1.82, 2.24) is 0 Å². The first-order chi connectivity index (χ1) is 9.56. The molecule has 0 saturated carbocycles. The molecule has 3 rings (SSSR count). The number of rotatable bonds is 2. The lowest BCUT2D eigenvalue weighted by atomic mass is 10.0. The molecule has 1 unspecified atom stereocenters. The highest BCUT2D eigenvalue weighted by Gasteiger charge is 2.19. The van der Waals surface area contributed by atoms with Gasteiger partial charge in [0.05, 0.1) is 6.04 Å². The Morgan fingerprint density at radius 1 is 1.20 bits per heavy atom. The number of fused-ring (bicyclic) bond motifs is 1. The summed E-state index contributed by atoms with van der Waals surface area (Å²) in [7, 11) is 0. The van der Waals surface area contributed by atoms with Crippen molar-refractivity contribution >= 4 is 26.9 Å². The highest BCUT2D eigenvalue weighted by atomic mass is 79.9. The van der Waals surface area contributed by atoms with Gasteiger partial charge in [0, 0.05) is 15.4 Å². The van der Waals surface area contributed by atoms with E-state index < -0.39 is 6.04 Å². The fourth-order valence-corrected chi connectivity index (χ4v) is 2.72. The van der Waals surface area contributed by atoms with E-state index in [0.717, 1.165) is 21.0 Å². The third-order valence-corrected chi connectivity index (χ3v) is 3.92. The molecule has 1 heterocycles. The van der Waals surface area contributed by atoms with Crippen molar-refractivity contribution in [2.24, 2.45) is 5.73 Å². The maximum absolute atomic E-state index is 13.3. The van der Waals surface area contributed by atoms with E-state index in [1.54, 1.807) is 12.1 Å². The number of nitrogens with two attached hydrogens (primary N) is 1.